The van der Waals surface area contributed by atoms with E-state index in [1.165, 1.54) is 5.57 Å². The average molecular weight is 253 g/mol. The Morgan fingerprint density at radius 1 is 1.29 bits per heavy atom. The van der Waals surface area contributed by atoms with Crippen LogP contribution < -0.4 is 0 Å². The molecule has 0 spiro atoms. The maximum absolute atomic E-state index is 9.38. The molecule has 1 aromatic rings. The number of hydrogen-bond acceptors (Lipinski definition) is 2. The van der Waals surface area contributed by atoms with E-state index in [-0.39, 0.29) is 12.2 Å². The first kappa shape index (κ1) is 12.6. The lowest BCUT2D eigenvalue weighted by Crippen LogP contribution is -2.31. The molecule has 17 heavy (non-hydrogen) atoms. The van der Waals surface area contributed by atoms with E-state index in [2.05, 4.69) is 13.8 Å². The van der Waals surface area contributed by atoms with Crippen molar-refractivity contribution < 1.29 is 9.84 Å². The average Bonchev–Trinajstić information content (AvgIpc) is 2.29. The highest BCUT2D eigenvalue weighted by atomic mass is 35.5. The van der Waals surface area contributed by atoms with Gasteiger partial charge in [-0.2, -0.15) is 0 Å². The molecule has 2 nitrogen and oxygen atoms in total. The van der Waals surface area contributed by atoms with Gasteiger partial charge in [0.2, 0.25) is 0 Å². The minimum Gasteiger partial charge on any atom is -0.392 e. The van der Waals surface area contributed by atoms with Crippen LogP contribution in [0.15, 0.2) is 29.8 Å². The first-order chi connectivity index (χ1) is 8.02. The van der Waals surface area contributed by atoms with E-state index in [1.54, 1.807) is 0 Å². The van der Waals surface area contributed by atoms with Crippen molar-refractivity contribution in [1.29, 1.82) is 0 Å². The van der Waals surface area contributed by atoms with Crippen molar-refractivity contribution >= 4 is 17.2 Å². The summed E-state index contributed by atoms with van der Waals surface area (Å²) in [7, 11) is 0. The van der Waals surface area contributed by atoms with Gasteiger partial charge in [0.25, 0.3) is 0 Å². The van der Waals surface area contributed by atoms with Gasteiger partial charge in [-0.3, -0.25) is 0 Å². The number of rotatable bonds is 2. The summed E-state index contributed by atoms with van der Waals surface area (Å²) in [6.07, 6.45) is 0.810. The van der Waals surface area contributed by atoms with Gasteiger partial charge in [0.05, 0.1) is 18.8 Å². The molecule has 1 aliphatic heterocycles. The molecule has 0 unspecified atom stereocenters. The third kappa shape index (κ3) is 2.89. The van der Waals surface area contributed by atoms with Crippen molar-refractivity contribution in [2.45, 2.75) is 25.9 Å². The van der Waals surface area contributed by atoms with Crippen LogP contribution in [0.5, 0.6) is 0 Å². The highest BCUT2D eigenvalue weighted by Crippen LogP contribution is 2.35. The van der Waals surface area contributed by atoms with E-state index in [0.717, 1.165) is 22.6 Å². The van der Waals surface area contributed by atoms with Crippen molar-refractivity contribution in [3.63, 3.8) is 0 Å². The number of hydrogen-bond donors (Lipinski definition) is 1. The minimum absolute atomic E-state index is 0.0496. The molecule has 1 N–H and O–H groups in total. The molecule has 0 bridgehead atoms. The predicted molar refractivity (Wildman–Crippen MR) is 70.1 cm³/mol. The van der Waals surface area contributed by atoms with E-state index >= 15 is 0 Å². The van der Waals surface area contributed by atoms with E-state index < -0.39 is 0 Å². The van der Waals surface area contributed by atoms with E-state index in [4.69, 9.17) is 16.3 Å². The van der Waals surface area contributed by atoms with Gasteiger partial charge in [-0.1, -0.05) is 23.7 Å². The summed E-state index contributed by atoms with van der Waals surface area (Å²) in [5.74, 6) is 0. The predicted octanol–water partition coefficient (Wildman–Crippen LogP) is 3.28. The Bertz CT molecular complexity index is 432. The highest BCUT2D eigenvalue weighted by molar-refractivity contribution is 6.30. The standard InChI is InChI=1S/C14H17ClO2/c1-14(2)7-13(11(8-16)9-17-14)10-3-5-12(15)6-4-10/h3-6,16H,7-9H2,1-2H3. The van der Waals surface area contributed by atoms with Crippen LogP contribution in [-0.2, 0) is 4.74 Å². The number of aliphatic hydroxyl groups is 1. The first-order valence-corrected chi connectivity index (χ1v) is 6.11. The van der Waals surface area contributed by atoms with Gasteiger partial charge in [0.15, 0.2) is 0 Å². The highest BCUT2D eigenvalue weighted by Gasteiger charge is 2.28. The van der Waals surface area contributed by atoms with Crippen LogP contribution in [0.4, 0.5) is 0 Å². The summed E-state index contributed by atoms with van der Waals surface area (Å²) >= 11 is 5.89. The lowest BCUT2D eigenvalue weighted by atomic mass is 9.87. The van der Waals surface area contributed by atoms with E-state index in [9.17, 15) is 5.11 Å². The molecule has 3 heteroatoms. The first-order valence-electron chi connectivity index (χ1n) is 5.73. The molecular formula is C14H17ClO2. The molecule has 0 saturated carbocycles. The molecule has 0 radical (unpaired) electrons. The molecule has 0 amide bonds. The maximum atomic E-state index is 9.38. The largest absolute Gasteiger partial charge is 0.392 e. The number of halogens is 1. The molecule has 0 aromatic heterocycles. The Labute approximate surface area is 107 Å². The third-order valence-electron chi connectivity index (χ3n) is 3.05. The van der Waals surface area contributed by atoms with Crippen LogP contribution in [0.1, 0.15) is 25.8 Å². The fourth-order valence-electron chi connectivity index (χ4n) is 2.07. The lowest BCUT2D eigenvalue weighted by molar-refractivity contribution is -0.0109. The number of ether oxygens (including phenoxy) is 1. The van der Waals surface area contributed by atoms with Crippen LogP contribution in [0.3, 0.4) is 0 Å². The van der Waals surface area contributed by atoms with Crippen LogP contribution in [0.25, 0.3) is 5.57 Å². The molecule has 1 aromatic carbocycles. The molecule has 0 aliphatic carbocycles. The second kappa shape index (κ2) is 4.81. The molecule has 1 heterocycles. The number of aliphatic hydroxyl groups excluding tert-OH is 1. The van der Waals surface area contributed by atoms with Crippen LogP contribution >= 0.6 is 11.6 Å². The molecule has 2 rings (SSSR count). The summed E-state index contributed by atoms with van der Waals surface area (Å²) in [5.41, 5.74) is 3.09. The van der Waals surface area contributed by atoms with Crippen molar-refractivity contribution in [3.05, 3.63) is 40.4 Å². The quantitative estimate of drug-likeness (QED) is 0.875. The maximum Gasteiger partial charge on any atom is 0.0712 e. The summed E-state index contributed by atoms with van der Waals surface area (Å²) < 4.78 is 5.70. The summed E-state index contributed by atoms with van der Waals surface area (Å²) in [4.78, 5) is 0. The van der Waals surface area contributed by atoms with Crippen molar-refractivity contribution in [2.75, 3.05) is 13.2 Å². The Hall–Kier alpha value is -0.830. The van der Waals surface area contributed by atoms with Crippen molar-refractivity contribution in [1.82, 2.24) is 0 Å². The molecule has 1 aliphatic rings. The summed E-state index contributed by atoms with van der Waals surface area (Å²) in [6.45, 7) is 4.68. The minimum atomic E-state index is -0.173. The Balaban J connectivity index is 2.39. The van der Waals surface area contributed by atoms with Crippen LogP contribution in [-0.4, -0.2) is 23.9 Å². The fraction of sp³-hybridized carbons (Fsp3) is 0.429. The van der Waals surface area contributed by atoms with Crippen molar-refractivity contribution in [3.8, 4) is 0 Å². The van der Waals surface area contributed by atoms with E-state index in [0.29, 0.717) is 6.61 Å². The fourth-order valence-corrected chi connectivity index (χ4v) is 2.20. The zero-order chi connectivity index (χ0) is 12.5. The monoisotopic (exact) mass is 252 g/mol. The zero-order valence-electron chi connectivity index (χ0n) is 10.2. The Morgan fingerprint density at radius 2 is 1.94 bits per heavy atom. The molecular weight excluding hydrogens is 236 g/mol. The Morgan fingerprint density at radius 3 is 2.53 bits per heavy atom. The van der Waals surface area contributed by atoms with E-state index in [1.807, 2.05) is 24.3 Å². The van der Waals surface area contributed by atoms with Crippen LogP contribution in [0, 0.1) is 0 Å². The topological polar surface area (TPSA) is 29.5 Å². The zero-order valence-corrected chi connectivity index (χ0v) is 10.9. The third-order valence-corrected chi connectivity index (χ3v) is 3.30. The van der Waals surface area contributed by atoms with Gasteiger partial charge in [0.1, 0.15) is 0 Å². The summed E-state index contributed by atoms with van der Waals surface area (Å²) in [5, 5.41) is 10.1. The molecule has 0 atom stereocenters. The van der Waals surface area contributed by atoms with Gasteiger partial charge < -0.3 is 9.84 Å². The van der Waals surface area contributed by atoms with Gasteiger partial charge in [0, 0.05) is 11.4 Å². The Kier molecular flexibility index (Phi) is 3.57. The smallest absolute Gasteiger partial charge is 0.0712 e. The van der Waals surface area contributed by atoms with Crippen molar-refractivity contribution in [2.24, 2.45) is 0 Å². The number of benzene rings is 1. The second-order valence-corrected chi connectivity index (χ2v) is 5.41. The van der Waals surface area contributed by atoms with Gasteiger partial charge in [-0.25, -0.2) is 0 Å². The lowest BCUT2D eigenvalue weighted by Gasteiger charge is -2.33. The SMILES string of the molecule is CC1(C)CC(c2ccc(Cl)cc2)=C(CO)CO1. The molecule has 92 valence electrons. The van der Waals surface area contributed by atoms with Gasteiger partial charge in [-0.05, 0) is 42.7 Å². The van der Waals surface area contributed by atoms with Gasteiger partial charge in [-0.15, -0.1) is 0 Å². The normalized spacial score (nSPS) is 19.5. The van der Waals surface area contributed by atoms with Gasteiger partial charge >= 0.3 is 0 Å². The molecule has 0 fully saturated rings. The second-order valence-electron chi connectivity index (χ2n) is 4.97. The summed E-state index contributed by atoms with van der Waals surface area (Å²) in [6, 6.07) is 7.74. The van der Waals surface area contributed by atoms with Crippen LogP contribution in [0.2, 0.25) is 5.02 Å². The molecule has 0 saturated heterocycles.